The summed E-state index contributed by atoms with van der Waals surface area (Å²) in [4.78, 5) is 11.8. The highest BCUT2D eigenvalue weighted by molar-refractivity contribution is 5.79. The van der Waals surface area contributed by atoms with Crippen molar-refractivity contribution in [1.29, 1.82) is 0 Å². The standard InChI is InChI=1S/C13H25NO/c1-12(2,3)8-5-11(15)9-13(10-14)6-4-7-13/h4-10,14H2,1-3H3. The van der Waals surface area contributed by atoms with Crippen molar-refractivity contribution in [3.8, 4) is 0 Å². The Morgan fingerprint density at radius 1 is 1.33 bits per heavy atom. The molecule has 0 heterocycles. The second-order valence-corrected chi connectivity index (χ2v) is 6.33. The van der Waals surface area contributed by atoms with Gasteiger partial charge in [0.25, 0.3) is 0 Å². The van der Waals surface area contributed by atoms with Gasteiger partial charge in [-0.25, -0.2) is 0 Å². The van der Waals surface area contributed by atoms with Crippen molar-refractivity contribution in [2.45, 2.75) is 59.3 Å². The highest BCUT2D eigenvalue weighted by Gasteiger charge is 2.37. The molecule has 0 bridgehead atoms. The van der Waals surface area contributed by atoms with E-state index in [0.717, 1.165) is 32.1 Å². The van der Waals surface area contributed by atoms with Crippen molar-refractivity contribution >= 4 is 5.78 Å². The molecular formula is C13H25NO. The highest BCUT2D eigenvalue weighted by atomic mass is 16.1. The van der Waals surface area contributed by atoms with Crippen LogP contribution in [0.1, 0.15) is 59.3 Å². The van der Waals surface area contributed by atoms with Gasteiger partial charge < -0.3 is 5.73 Å². The molecule has 0 radical (unpaired) electrons. The van der Waals surface area contributed by atoms with Crippen LogP contribution >= 0.6 is 0 Å². The van der Waals surface area contributed by atoms with Crippen LogP contribution in [-0.2, 0) is 4.79 Å². The van der Waals surface area contributed by atoms with Crippen molar-refractivity contribution in [1.82, 2.24) is 0 Å². The van der Waals surface area contributed by atoms with Crippen LogP contribution in [0.25, 0.3) is 0 Å². The quantitative estimate of drug-likeness (QED) is 0.760. The lowest BCUT2D eigenvalue weighted by atomic mass is 9.65. The zero-order valence-corrected chi connectivity index (χ0v) is 10.4. The average Bonchev–Trinajstić information content (AvgIpc) is 2.07. The fourth-order valence-corrected chi connectivity index (χ4v) is 2.15. The van der Waals surface area contributed by atoms with Crippen LogP contribution in [0.15, 0.2) is 0 Å². The van der Waals surface area contributed by atoms with Gasteiger partial charge in [-0.1, -0.05) is 27.2 Å². The topological polar surface area (TPSA) is 43.1 Å². The van der Waals surface area contributed by atoms with E-state index in [1.54, 1.807) is 0 Å². The Bertz CT molecular complexity index is 218. The third-order valence-electron chi connectivity index (χ3n) is 3.57. The first kappa shape index (κ1) is 12.7. The maximum atomic E-state index is 11.8. The van der Waals surface area contributed by atoms with Crippen molar-refractivity contribution in [2.24, 2.45) is 16.6 Å². The molecule has 1 aliphatic rings. The van der Waals surface area contributed by atoms with Crippen LogP contribution in [0.4, 0.5) is 0 Å². The first-order chi connectivity index (χ1) is 6.87. The van der Waals surface area contributed by atoms with E-state index < -0.39 is 0 Å². The number of ketones is 1. The summed E-state index contributed by atoms with van der Waals surface area (Å²) >= 11 is 0. The number of rotatable bonds is 5. The van der Waals surface area contributed by atoms with Crippen molar-refractivity contribution in [2.75, 3.05) is 6.54 Å². The number of carbonyl (C=O) groups is 1. The Hall–Kier alpha value is -0.370. The SMILES string of the molecule is CC(C)(C)CCC(=O)CC1(CN)CCC1. The molecule has 1 saturated carbocycles. The Kier molecular flexibility index (Phi) is 3.93. The molecule has 0 amide bonds. The normalized spacial score (nSPS) is 19.7. The first-order valence-corrected chi connectivity index (χ1v) is 6.09. The van der Waals surface area contributed by atoms with E-state index in [-0.39, 0.29) is 10.8 Å². The van der Waals surface area contributed by atoms with E-state index in [9.17, 15) is 4.79 Å². The third kappa shape index (κ3) is 3.94. The maximum Gasteiger partial charge on any atom is 0.133 e. The average molecular weight is 211 g/mol. The zero-order chi connectivity index (χ0) is 11.5. The van der Waals surface area contributed by atoms with Crippen LogP contribution in [0.5, 0.6) is 0 Å². The van der Waals surface area contributed by atoms with E-state index >= 15 is 0 Å². The number of hydrogen-bond acceptors (Lipinski definition) is 2. The van der Waals surface area contributed by atoms with E-state index in [0.29, 0.717) is 12.3 Å². The molecule has 0 spiro atoms. The monoisotopic (exact) mass is 211 g/mol. The highest BCUT2D eigenvalue weighted by Crippen LogP contribution is 2.43. The number of hydrogen-bond donors (Lipinski definition) is 1. The summed E-state index contributed by atoms with van der Waals surface area (Å²) in [7, 11) is 0. The molecule has 2 N–H and O–H groups in total. The fourth-order valence-electron chi connectivity index (χ4n) is 2.15. The van der Waals surface area contributed by atoms with Gasteiger partial charge in [0, 0.05) is 12.8 Å². The Balaban J connectivity index is 2.29. The summed E-state index contributed by atoms with van der Waals surface area (Å²) in [5.74, 6) is 0.412. The van der Waals surface area contributed by atoms with Gasteiger partial charge in [0.2, 0.25) is 0 Å². The van der Waals surface area contributed by atoms with Gasteiger partial charge in [0.15, 0.2) is 0 Å². The first-order valence-electron chi connectivity index (χ1n) is 6.09. The van der Waals surface area contributed by atoms with Gasteiger partial charge in [0.1, 0.15) is 5.78 Å². The van der Waals surface area contributed by atoms with Gasteiger partial charge >= 0.3 is 0 Å². The number of nitrogens with two attached hydrogens (primary N) is 1. The molecule has 0 aromatic heterocycles. The van der Waals surface area contributed by atoms with Crippen molar-refractivity contribution < 1.29 is 4.79 Å². The van der Waals surface area contributed by atoms with Gasteiger partial charge in [0.05, 0.1) is 0 Å². The molecule has 0 saturated heterocycles. The van der Waals surface area contributed by atoms with Crippen LogP contribution < -0.4 is 5.73 Å². The van der Waals surface area contributed by atoms with Gasteiger partial charge in [-0.15, -0.1) is 0 Å². The number of Topliss-reactive ketones (excluding diaryl/α,β-unsaturated/α-hetero) is 1. The molecule has 15 heavy (non-hydrogen) atoms. The summed E-state index contributed by atoms with van der Waals surface area (Å²) in [5, 5.41) is 0. The second kappa shape index (κ2) is 4.65. The van der Waals surface area contributed by atoms with E-state index in [1.807, 2.05) is 0 Å². The maximum absolute atomic E-state index is 11.8. The molecule has 1 fully saturated rings. The molecule has 1 rings (SSSR count). The summed E-state index contributed by atoms with van der Waals surface area (Å²) in [6.07, 6.45) is 6.01. The Labute approximate surface area is 93.6 Å². The Morgan fingerprint density at radius 2 is 1.93 bits per heavy atom. The molecular weight excluding hydrogens is 186 g/mol. The number of carbonyl (C=O) groups excluding carboxylic acids is 1. The van der Waals surface area contributed by atoms with Gasteiger partial charge in [-0.2, -0.15) is 0 Å². The fraction of sp³-hybridized carbons (Fsp3) is 0.923. The zero-order valence-electron chi connectivity index (χ0n) is 10.4. The molecule has 0 aromatic carbocycles. The summed E-state index contributed by atoms with van der Waals surface area (Å²) < 4.78 is 0. The minimum Gasteiger partial charge on any atom is -0.330 e. The van der Waals surface area contributed by atoms with Crippen LogP contribution in [-0.4, -0.2) is 12.3 Å². The largest absolute Gasteiger partial charge is 0.330 e. The van der Waals surface area contributed by atoms with Crippen molar-refractivity contribution in [3.05, 3.63) is 0 Å². The van der Waals surface area contributed by atoms with Crippen molar-refractivity contribution in [3.63, 3.8) is 0 Å². The van der Waals surface area contributed by atoms with E-state index in [4.69, 9.17) is 5.73 Å². The summed E-state index contributed by atoms with van der Waals surface area (Å²) in [5.41, 5.74) is 6.21. The van der Waals surface area contributed by atoms with E-state index in [2.05, 4.69) is 20.8 Å². The van der Waals surface area contributed by atoms with Crippen LogP contribution in [0, 0.1) is 10.8 Å². The predicted octanol–water partition coefficient (Wildman–Crippen LogP) is 2.90. The van der Waals surface area contributed by atoms with Gasteiger partial charge in [-0.05, 0) is 36.6 Å². The Morgan fingerprint density at radius 3 is 2.27 bits per heavy atom. The third-order valence-corrected chi connectivity index (χ3v) is 3.57. The lowest BCUT2D eigenvalue weighted by Gasteiger charge is -2.40. The lowest BCUT2D eigenvalue weighted by Crippen LogP contribution is -2.39. The minimum atomic E-state index is 0.189. The molecule has 1 aliphatic carbocycles. The van der Waals surface area contributed by atoms with E-state index in [1.165, 1.54) is 6.42 Å². The predicted molar refractivity (Wildman–Crippen MR) is 63.7 cm³/mol. The molecule has 0 aliphatic heterocycles. The molecule has 0 aromatic rings. The summed E-state index contributed by atoms with van der Waals surface area (Å²) in [6.45, 7) is 7.24. The minimum absolute atomic E-state index is 0.189. The second-order valence-electron chi connectivity index (χ2n) is 6.33. The van der Waals surface area contributed by atoms with Gasteiger partial charge in [-0.3, -0.25) is 4.79 Å². The molecule has 2 heteroatoms. The molecule has 0 atom stereocenters. The molecule has 2 nitrogen and oxygen atoms in total. The van der Waals surface area contributed by atoms with Crippen LogP contribution in [0.2, 0.25) is 0 Å². The van der Waals surface area contributed by atoms with Crippen LogP contribution in [0.3, 0.4) is 0 Å². The smallest absolute Gasteiger partial charge is 0.133 e. The summed E-state index contributed by atoms with van der Waals surface area (Å²) in [6, 6.07) is 0. The lowest BCUT2D eigenvalue weighted by molar-refractivity contribution is -0.123. The molecule has 0 unspecified atom stereocenters. The molecule has 88 valence electrons.